The van der Waals surface area contributed by atoms with Crippen molar-refractivity contribution in [2.45, 2.75) is 25.8 Å². The first kappa shape index (κ1) is 15.0. The van der Waals surface area contributed by atoms with E-state index in [0.29, 0.717) is 0 Å². The fraction of sp³-hybridized carbons (Fsp3) is 0.600. The van der Waals surface area contributed by atoms with Crippen molar-refractivity contribution in [1.29, 1.82) is 0 Å². The quantitative estimate of drug-likeness (QED) is 0.924. The first-order chi connectivity index (χ1) is 8.97. The van der Waals surface area contributed by atoms with E-state index in [2.05, 4.69) is 39.0 Å². The predicted molar refractivity (Wildman–Crippen MR) is 82.3 cm³/mol. The highest BCUT2D eigenvalue weighted by Crippen LogP contribution is 2.25. The number of morpholine rings is 1. The molecule has 1 fully saturated rings. The van der Waals surface area contributed by atoms with Gasteiger partial charge in [-0.1, -0.05) is 28.1 Å². The van der Waals surface area contributed by atoms with E-state index < -0.39 is 0 Å². The Morgan fingerprint density at radius 3 is 2.58 bits per heavy atom. The SMILES string of the molecule is CC(C)(N)c1ccc(CCN2CCOCC2)c(Br)c1. The van der Waals surface area contributed by atoms with Gasteiger partial charge >= 0.3 is 0 Å². The lowest BCUT2D eigenvalue weighted by Crippen LogP contribution is -2.37. The summed E-state index contributed by atoms with van der Waals surface area (Å²) in [6.45, 7) is 8.97. The molecule has 19 heavy (non-hydrogen) atoms. The summed E-state index contributed by atoms with van der Waals surface area (Å²) in [6.07, 6.45) is 1.06. The molecule has 1 aliphatic heterocycles. The number of hydrogen-bond donors (Lipinski definition) is 1. The summed E-state index contributed by atoms with van der Waals surface area (Å²) < 4.78 is 6.53. The number of nitrogens with two attached hydrogens (primary N) is 1. The average Bonchev–Trinajstić information content (AvgIpc) is 2.37. The molecular weight excluding hydrogens is 304 g/mol. The Hall–Kier alpha value is -0.420. The third-order valence-corrected chi connectivity index (χ3v) is 4.34. The highest BCUT2D eigenvalue weighted by Gasteiger charge is 2.16. The van der Waals surface area contributed by atoms with Crippen LogP contribution in [0.15, 0.2) is 22.7 Å². The third-order valence-electron chi connectivity index (χ3n) is 3.60. The van der Waals surface area contributed by atoms with Crippen molar-refractivity contribution in [2.24, 2.45) is 5.73 Å². The van der Waals surface area contributed by atoms with Crippen molar-refractivity contribution in [2.75, 3.05) is 32.8 Å². The van der Waals surface area contributed by atoms with Crippen LogP contribution in [0.25, 0.3) is 0 Å². The molecule has 0 amide bonds. The minimum atomic E-state index is -0.286. The van der Waals surface area contributed by atoms with Crippen molar-refractivity contribution in [3.63, 3.8) is 0 Å². The van der Waals surface area contributed by atoms with Crippen LogP contribution >= 0.6 is 15.9 Å². The maximum absolute atomic E-state index is 6.12. The van der Waals surface area contributed by atoms with Crippen LogP contribution in [-0.4, -0.2) is 37.7 Å². The van der Waals surface area contributed by atoms with Crippen LogP contribution in [0.2, 0.25) is 0 Å². The Balaban J connectivity index is 1.97. The normalized spacial score (nSPS) is 17.7. The summed E-state index contributed by atoms with van der Waals surface area (Å²) in [5, 5.41) is 0. The Kier molecular flexibility index (Phi) is 5.01. The van der Waals surface area contributed by atoms with Crippen molar-refractivity contribution < 1.29 is 4.74 Å². The molecule has 1 aromatic rings. The molecule has 4 heteroatoms. The fourth-order valence-electron chi connectivity index (χ4n) is 2.25. The fourth-order valence-corrected chi connectivity index (χ4v) is 2.83. The molecule has 1 heterocycles. The number of benzene rings is 1. The maximum atomic E-state index is 6.12. The Morgan fingerprint density at radius 2 is 2.00 bits per heavy atom. The van der Waals surface area contributed by atoms with Crippen LogP contribution in [0.4, 0.5) is 0 Å². The van der Waals surface area contributed by atoms with E-state index in [1.807, 2.05) is 13.8 Å². The lowest BCUT2D eigenvalue weighted by molar-refractivity contribution is 0.0384. The topological polar surface area (TPSA) is 38.5 Å². The van der Waals surface area contributed by atoms with Gasteiger partial charge in [-0.15, -0.1) is 0 Å². The van der Waals surface area contributed by atoms with E-state index in [9.17, 15) is 0 Å². The summed E-state index contributed by atoms with van der Waals surface area (Å²) in [5.74, 6) is 0. The third kappa shape index (κ3) is 4.28. The molecule has 0 atom stereocenters. The van der Waals surface area contributed by atoms with Gasteiger partial charge in [0, 0.05) is 29.6 Å². The maximum Gasteiger partial charge on any atom is 0.0594 e. The van der Waals surface area contributed by atoms with Gasteiger partial charge in [0.15, 0.2) is 0 Å². The van der Waals surface area contributed by atoms with E-state index in [1.54, 1.807) is 0 Å². The summed E-state index contributed by atoms with van der Waals surface area (Å²) in [4.78, 5) is 2.46. The number of hydrogen-bond acceptors (Lipinski definition) is 3. The highest BCUT2D eigenvalue weighted by molar-refractivity contribution is 9.10. The van der Waals surface area contributed by atoms with Crippen LogP contribution < -0.4 is 5.73 Å². The monoisotopic (exact) mass is 326 g/mol. The second-order valence-electron chi connectivity index (χ2n) is 5.73. The second kappa shape index (κ2) is 6.35. The standard InChI is InChI=1S/C15H23BrN2O/c1-15(2,17)13-4-3-12(14(16)11-13)5-6-18-7-9-19-10-8-18/h3-4,11H,5-10,17H2,1-2H3. The molecule has 106 valence electrons. The Morgan fingerprint density at radius 1 is 1.32 bits per heavy atom. The first-order valence-corrected chi connectivity index (χ1v) is 7.64. The zero-order valence-corrected chi connectivity index (χ0v) is 13.4. The molecule has 1 aromatic carbocycles. The van der Waals surface area contributed by atoms with E-state index >= 15 is 0 Å². The number of nitrogens with zero attached hydrogens (tertiary/aromatic N) is 1. The van der Waals surface area contributed by atoms with Gasteiger partial charge in [0.2, 0.25) is 0 Å². The zero-order chi connectivity index (χ0) is 13.9. The van der Waals surface area contributed by atoms with Crippen LogP contribution in [0.5, 0.6) is 0 Å². The molecule has 3 nitrogen and oxygen atoms in total. The van der Waals surface area contributed by atoms with Crippen molar-refractivity contribution >= 4 is 15.9 Å². The highest BCUT2D eigenvalue weighted by atomic mass is 79.9. The van der Waals surface area contributed by atoms with E-state index in [-0.39, 0.29) is 5.54 Å². The molecule has 1 saturated heterocycles. The molecule has 0 radical (unpaired) electrons. The molecule has 2 rings (SSSR count). The minimum Gasteiger partial charge on any atom is -0.379 e. The summed E-state index contributed by atoms with van der Waals surface area (Å²) in [5.41, 5.74) is 8.35. The van der Waals surface area contributed by atoms with Gasteiger partial charge < -0.3 is 10.5 Å². The van der Waals surface area contributed by atoms with Crippen LogP contribution in [0, 0.1) is 0 Å². The van der Waals surface area contributed by atoms with E-state index in [4.69, 9.17) is 10.5 Å². The van der Waals surface area contributed by atoms with Crippen molar-refractivity contribution in [3.05, 3.63) is 33.8 Å². The number of ether oxygens (including phenoxy) is 1. The molecule has 0 aromatic heterocycles. The predicted octanol–water partition coefficient (Wildman–Crippen LogP) is 2.52. The van der Waals surface area contributed by atoms with Gasteiger partial charge in [-0.3, -0.25) is 4.90 Å². The largest absolute Gasteiger partial charge is 0.379 e. The summed E-state index contributed by atoms with van der Waals surface area (Å²) in [6, 6.07) is 6.47. The van der Waals surface area contributed by atoms with Gasteiger partial charge in [0.1, 0.15) is 0 Å². The molecule has 0 saturated carbocycles. The van der Waals surface area contributed by atoms with Gasteiger partial charge in [-0.2, -0.15) is 0 Å². The average molecular weight is 327 g/mol. The van der Waals surface area contributed by atoms with Gasteiger partial charge in [0.05, 0.1) is 13.2 Å². The Labute approximate surface area is 124 Å². The van der Waals surface area contributed by atoms with Crippen LogP contribution in [-0.2, 0) is 16.7 Å². The van der Waals surface area contributed by atoms with Crippen LogP contribution in [0.3, 0.4) is 0 Å². The molecule has 0 spiro atoms. The summed E-state index contributed by atoms with van der Waals surface area (Å²) in [7, 11) is 0. The van der Waals surface area contributed by atoms with E-state index in [1.165, 1.54) is 5.56 Å². The first-order valence-electron chi connectivity index (χ1n) is 6.85. The molecule has 0 unspecified atom stereocenters. The lowest BCUT2D eigenvalue weighted by atomic mass is 9.94. The Bertz CT molecular complexity index is 423. The molecule has 1 aliphatic rings. The molecule has 2 N–H and O–H groups in total. The molecule has 0 bridgehead atoms. The summed E-state index contributed by atoms with van der Waals surface area (Å²) >= 11 is 3.67. The number of rotatable bonds is 4. The van der Waals surface area contributed by atoms with Gasteiger partial charge in [0.25, 0.3) is 0 Å². The lowest BCUT2D eigenvalue weighted by Gasteiger charge is -2.27. The van der Waals surface area contributed by atoms with Gasteiger partial charge in [-0.25, -0.2) is 0 Å². The number of halogens is 1. The molecule has 0 aliphatic carbocycles. The van der Waals surface area contributed by atoms with Gasteiger partial charge in [-0.05, 0) is 37.5 Å². The van der Waals surface area contributed by atoms with Crippen LogP contribution in [0.1, 0.15) is 25.0 Å². The van der Waals surface area contributed by atoms with Crippen molar-refractivity contribution in [3.8, 4) is 0 Å². The minimum absolute atomic E-state index is 0.286. The molecular formula is C15H23BrN2O. The smallest absolute Gasteiger partial charge is 0.0594 e. The zero-order valence-electron chi connectivity index (χ0n) is 11.8. The van der Waals surface area contributed by atoms with Crippen molar-refractivity contribution in [1.82, 2.24) is 4.90 Å². The van der Waals surface area contributed by atoms with E-state index in [0.717, 1.165) is 49.3 Å². The second-order valence-corrected chi connectivity index (χ2v) is 6.59.